The molecule has 1 aromatic carbocycles. The van der Waals surface area contributed by atoms with Gasteiger partial charge in [-0.05, 0) is 38.8 Å². The minimum absolute atomic E-state index is 0.285. The number of aryl methyl sites for hydroxylation is 2. The summed E-state index contributed by atoms with van der Waals surface area (Å²) in [6.07, 6.45) is 2.48. The van der Waals surface area contributed by atoms with E-state index < -0.39 is 0 Å². The van der Waals surface area contributed by atoms with Crippen molar-refractivity contribution < 1.29 is 4.74 Å². The lowest BCUT2D eigenvalue weighted by Gasteiger charge is -2.19. The molecule has 0 aliphatic heterocycles. The van der Waals surface area contributed by atoms with Crippen LogP contribution in [0.5, 0.6) is 0 Å². The molecule has 0 aliphatic carbocycles. The Morgan fingerprint density at radius 2 is 1.74 bits per heavy atom. The van der Waals surface area contributed by atoms with Gasteiger partial charge in [0, 0.05) is 6.61 Å². The van der Waals surface area contributed by atoms with E-state index in [1.54, 1.807) is 0 Å². The fourth-order valence-electron chi connectivity index (χ4n) is 2.52. The Labute approximate surface area is 118 Å². The topological polar surface area (TPSA) is 21.3 Å². The number of rotatable bonds is 8. The maximum atomic E-state index is 5.87. The van der Waals surface area contributed by atoms with Crippen LogP contribution in [0, 0.1) is 19.8 Å². The molecule has 0 saturated carbocycles. The molecule has 19 heavy (non-hydrogen) atoms. The van der Waals surface area contributed by atoms with E-state index in [9.17, 15) is 0 Å². The first-order valence-electron chi connectivity index (χ1n) is 7.40. The van der Waals surface area contributed by atoms with E-state index in [1.807, 2.05) is 7.05 Å². The van der Waals surface area contributed by atoms with Crippen molar-refractivity contribution in [1.82, 2.24) is 5.32 Å². The van der Waals surface area contributed by atoms with Crippen LogP contribution in [-0.2, 0) is 4.74 Å². The highest BCUT2D eigenvalue weighted by atomic mass is 16.5. The van der Waals surface area contributed by atoms with Gasteiger partial charge in [-0.2, -0.15) is 0 Å². The average molecular weight is 263 g/mol. The standard InChI is InChI=1S/C17H29NO/c1-6-7-13(2)11-19-12-17(18-5)16-9-14(3)8-15(4)10-16/h8-10,13,17-18H,6-7,11-12H2,1-5H3. The maximum Gasteiger partial charge on any atom is 0.0661 e. The van der Waals surface area contributed by atoms with Gasteiger partial charge < -0.3 is 10.1 Å². The Morgan fingerprint density at radius 1 is 1.11 bits per heavy atom. The third-order valence-electron chi connectivity index (χ3n) is 3.46. The number of hydrogen-bond acceptors (Lipinski definition) is 2. The summed E-state index contributed by atoms with van der Waals surface area (Å²) < 4.78 is 5.87. The maximum absolute atomic E-state index is 5.87. The minimum atomic E-state index is 0.285. The number of nitrogens with one attached hydrogen (secondary N) is 1. The molecule has 0 saturated heterocycles. The molecule has 2 heteroatoms. The molecule has 0 fully saturated rings. The second kappa shape index (κ2) is 8.34. The quantitative estimate of drug-likeness (QED) is 0.765. The summed E-state index contributed by atoms with van der Waals surface area (Å²) in [5.74, 6) is 0.654. The van der Waals surface area contributed by atoms with Crippen LogP contribution >= 0.6 is 0 Å². The predicted molar refractivity (Wildman–Crippen MR) is 82.6 cm³/mol. The average Bonchev–Trinajstić information content (AvgIpc) is 2.33. The van der Waals surface area contributed by atoms with Gasteiger partial charge in [-0.25, -0.2) is 0 Å². The Bertz CT molecular complexity index is 355. The van der Waals surface area contributed by atoms with Crippen molar-refractivity contribution in [2.45, 2.75) is 46.6 Å². The van der Waals surface area contributed by atoms with E-state index in [1.165, 1.54) is 29.5 Å². The molecule has 1 aromatic rings. The van der Waals surface area contributed by atoms with Crippen LogP contribution in [0.15, 0.2) is 18.2 Å². The monoisotopic (exact) mass is 263 g/mol. The van der Waals surface area contributed by atoms with Crippen molar-refractivity contribution in [1.29, 1.82) is 0 Å². The molecule has 108 valence electrons. The van der Waals surface area contributed by atoms with Crippen molar-refractivity contribution in [3.8, 4) is 0 Å². The van der Waals surface area contributed by atoms with Gasteiger partial charge in [0.2, 0.25) is 0 Å². The third kappa shape index (κ3) is 5.75. The Hall–Kier alpha value is -0.860. The van der Waals surface area contributed by atoms with Crippen LogP contribution in [0.4, 0.5) is 0 Å². The Kier molecular flexibility index (Phi) is 7.11. The smallest absolute Gasteiger partial charge is 0.0661 e. The van der Waals surface area contributed by atoms with Crippen molar-refractivity contribution in [2.24, 2.45) is 5.92 Å². The van der Waals surface area contributed by atoms with E-state index in [0.717, 1.165) is 13.2 Å². The summed E-state index contributed by atoms with van der Waals surface area (Å²) >= 11 is 0. The van der Waals surface area contributed by atoms with Gasteiger partial charge in [0.15, 0.2) is 0 Å². The fraction of sp³-hybridized carbons (Fsp3) is 0.647. The van der Waals surface area contributed by atoms with Crippen LogP contribution in [-0.4, -0.2) is 20.3 Å². The molecule has 1 N–H and O–H groups in total. The van der Waals surface area contributed by atoms with Crippen LogP contribution < -0.4 is 5.32 Å². The van der Waals surface area contributed by atoms with Crippen molar-refractivity contribution in [2.75, 3.05) is 20.3 Å². The zero-order chi connectivity index (χ0) is 14.3. The van der Waals surface area contributed by atoms with E-state index >= 15 is 0 Å². The molecule has 0 aromatic heterocycles. The minimum Gasteiger partial charge on any atom is -0.379 e. The van der Waals surface area contributed by atoms with Crippen molar-refractivity contribution >= 4 is 0 Å². The van der Waals surface area contributed by atoms with Gasteiger partial charge in [-0.15, -0.1) is 0 Å². The van der Waals surface area contributed by atoms with Crippen LogP contribution in [0.3, 0.4) is 0 Å². The molecular formula is C17H29NO. The first kappa shape index (κ1) is 16.2. The molecule has 0 radical (unpaired) electrons. The highest BCUT2D eigenvalue weighted by Crippen LogP contribution is 2.17. The summed E-state index contributed by atoms with van der Waals surface area (Å²) in [4.78, 5) is 0. The second-order valence-corrected chi connectivity index (χ2v) is 5.69. The lowest BCUT2D eigenvalue weighted by atomic mass is 10.0. The summed E-state index contributed by atoms with van der Waals surface area (Å²) in [6.45, 7) is 10.4. The van der Waals surface area contributed by atoms with E-state index in [2.05, 4.69) is 51.2 Å². The van der Waals surface area contributed by atoms with Crippen LogP contribution in [0.1, 0.15) is 49.4 Å². The molecular weight excluding hydrogens is 234 g/mol. The number of hydrogen-bond donors (Lipinski definition) is 1. The molecule has 0 heterocycles. The number of benzene rings is 1. The highest BCUT2D eigenvalue weighted by Gasteiger charge is 2.11. The first-order valence-corrected chi connectivity index (χ1v) is 7.40. The van der Waals surface area contributed by atoms with Gasteiger partial charge in [0.1, 0.15) is 0 Å². The van der Waals surface area contributed by atoms with Crippen molar-refractivity contribution in [3.05, 3.63) is 34.9 Å². The molecule has 0 spiro atoms. The summed E-state index contributed by atoms with van der Waals surface area (Å²) in [5.41, 5.74) is 3.95. The third-order valence-corrected chi connectivity index (χ3v) is 3.46. The van der Waals surface area contributed by atoms with Crippen LogP contribution in [0.2, 0.25) is 0 Å². The molecule has 0 amide bonds. The van der Waals surface area contributed by atoms with Crippen molar-refractivity contribution in [3.63, 3.8) is 0 Å². The molecule has 0 bridgehead atoms. The van der Waals surface area contributed by atoms with Gasteiger partial charge in [0.05, 0.1) is 12.6 Å². The molecule has 1 rings (SSSR count). The largest absolute Gasteiger partial charge is 0.379 e. The van der Waals surface area contributed by atoms with Gasteiger partial charge in [0.25, 0.3) is 0 Å². The predicted octanol–water partition coefficient (Wildman–Crippen LogP) is 4.02. The highest BCUT2D eigenvalue weighted by molar-refractivity contribution is 5.30. The van der Waals surface area contributed by atoms with Gasteiger partial charge >= 0.3 is 0 Å². The Balaban J connectivity index is 2.53. The fourth-order valence-corrected chi connectivity index (χ4v) is 2.52. The SMILES string of the molecule is CCCC(C)COCC(NC)c1cc(C)cc(C)c1. The lowest BCUT2D eigenvalue weighted by molar-refractivity contribution is 0.0848. The molecule has 2 nitrogen and oxygen atoms in total. The zero-order valence-corrected chi connectivity index (χ0v) is 13.1. The van der Waals surface area contributed by atoms with Crippen LogP contribution in [0.25, 0.3) is 0 Å². The van der Waals surface area contributed by atoms with E-state index in [0.29, 0.717) is 5.92 Å². The Morgan fingerprint density at radius 3 is 2.26 bits per heavy atom. The van der Waals surface area contributed by atoms with Gasteiger partial charge in [-0.1, -0.05) is 49.6 Å². The number of ether oxygens (including phenoxy) is 1. The number of likely N-dealkylation sites (N-methyl/N-ethyl adjacent to an activating group) is 1. The van der Waals surface area contributed by atoms with Gasteiger partial charge in [-0.3, -0.25) is 0 Å². The molecule has 0 aliphatic rings. The summed E-state index contributed by atoms with van der Waals surface area (Å²) in [6, 6.07) is 6.98. The second-order valence-electron chi connectivity index (χ2n) is 5.69. The van der Waals surface area contributed by atoms with E-state index in [4.69, 9.17) is 4.74 Å². The van der Waals surface area contributed by atoms with E-state index in [-0.39, 0.29) is 6.04 Å². The zero-order valence-electron chi connectivity index (χ0n) is 13.1. The first-order chi connectivity index (χ1) is 9.06. The molecule has 2 atom stereocenters. The molecule has 2 unspecified atom stereocenters. The lowest BCUT2D eigenvalue weighted by Crippen LogP contribution is -2.23. The summed E-state index contributed by atoms with van der Waals surface area (Å²) in [7, 11) is 2.00. The normalized spacial score (nSPS) is 14.4. The summed E-state index contributed by atoms with van der Waals surface area (Å²) in [5, 5.41) is 3.35.